The highest BCUT2D eigenvalue weighted by Gasteiger charge is 2.19. The predicted molar refractivity (Wildman–Crippen MR) is 66.5 cm³/mol. The summed E-state index contributed by atoms with van der Waals surface area (Å²) in [5.41, 5.74) is 0. The Kier molecular flexibility index (Phi) is 5.17. The Hall–Kier alpha value is -2.04. The lowest BCUT2D eigenvalue weighted by Crippen LogP contribution is -2.40. The van der Waals surface area contributed by atoms with Crippen molar-refractivity contribution in [2.45, 2.75) is 13.8 Å². The van der Waals surface area contributed by atoms with Crippen molar-refractivity contribution in [2.24, 2.45) is 5.92 Å². The van der Waals surface area contributed by atoms with E-state index in [1.54, 1.807) is 30.3 Å². The van der Waals surface area contributed by atoms with E-state index in [4.69, 9.17) is 9.84 Å². The van der Waals surface area contributed by atoms with Crippen molar-refractivity contribution >= 4 is 12.1 Å². The van der Waals surface area contributed by atoms with Gasteiger partial charge in [-0.1, -0.05) is 32.0 Å². The molecule has 98 valence electrons. The number of hydrogen-bond donors (Lipinski definition) is 1. The van der Waals surface area contributed by atoms with Crippen LogP contribution >= 0.6 is 0 Å². The zero-order valence-electron chi connectivity index (χ0n) is 10.5. The van der Waals surface area contributed by atoms with Crippen LogP contribution in [0.3, 0.4) is 0 Å². The summed E-state index contributed by atoms with van der Waals surface area (Å²) in [5.74, 6) is -0.477. The zero-order valence-corrected chi connectivity index (χ0v) is 10.5. The molecule has 0 unspecified atom stereocenters. The highest BCUT2D eigenvalue weighted by molar-refractivity contribution is 5.78. The topological polar surface area (TPSA) is 66.8 Å². The summed E-state index contributed by atoms with van der Waals surface area (Å²) in [5, 5.41) is 8.76. The third-order valence-electron chi connectivity index (χ3n) is 2.12. The summed E-state index contributed by atoms with van der Waals surface area (Å²) >= 11 is 0. The van der Waals surface area contributed by atoms with Gasteiger partial charge in [-0.3, -0.25) is 9.69 Å². The Bertz CT molecular complexity index is 403. The van der Waals surface area contributed by atoms with Crippen molar-refractivity contribution in [3.63, 3.8) is 0 Å². The number of rotatable bonds is 5. The van der Waals surface area contributed by atoms with Gasteiger partial charge in [0.15, 0.2) is 0 Å². The van der Waals surface area contributed by atoms with Gasteiger partial charge in [-0.25, -0.2) is 4.79 Å². The molecule has 5 nitrogen and oxygen atoms in total. The van der Waals surface area contributed by atoms with Crippen LogP contribution in [0, 0.1) is 5.92 Å². The van der Waals surface area contributed by atoms with Crippen LogP contribution in [0.2, 0.25) is 0 Å². The summed E-state index contributed by atoms with van der Waals surface area (Å²) in [6, 6.07) is 8.58. The molecule has 0 aliphatic heterocycles. The third kappa shape index (κ3) is 4.86. The van der Waals surface area contributed by atoms with Crippen molar-refractivity contribution in [3.8, 4) is 5.75 Å². The fraction of sp³-hybridized carbons (Fsp3) is 0.385. The van der Waals surface area contributed by atoms with Crippen LogP contribution < -0.4 is 4.74 Å². The van der Waals surface area contributed by atoms with Gasteiger partial charge >= 0.3 is 12.1 Å². The molecular weight excluding hydrogens is 234 g/mol. The summed E-state index contributed by atoms with van der Waals surface area (Å²) in [6.07, 6.45) is -0.641. The number of ether oxygens (including phenoxy) is 1. The first kappa shape index (κ1) is 14.0. The van der Waals surface area contributed by atoms with Crippen molar-refractivity contribution in [3.05, 3.63) is 30.3 Å². The Morgan fingerprint density at radius 2 is 1.89 bits per heavy atom. The van der Waals surface area contributed by atoms with E-state index in [1.807, 2.05) is 13.8 Å². The van der Waals surface area contributed by atoms with E-state index >= 15 is 0 Å². The van der Waals surface area contributed by atoms with Crippen LogP contribution in [-0.2, 0) is 4.79 Å². The van der Waals surface area contributed by atoms with E-state index in [1.165, 1.54) is 4.90 Å². The molecule has 0 aliphatic rings. The van der Waals surface area contributed by atoms with Gasteiger partial charge in [-0.15, -0.1) is 0 Å². The first-order valence-corrected chi connectivity index (χ1v) is 5.72. The summed E-state index contributed by atoms with van der Waals surface area (Å²) < 4.78 is 5.10. The van der Waals surface area contributed by atoms with E-state index in [9.17, 15) is 9.59 Å². The Morgan fingerprint density at radius 1 is 1.28 bits per heavy atom. The lowest BCUT2D eigenvalue weighted by atomic mass is 10.2. The third-order valence-corrected chi connectivity index (χ3v) is 2.12. The number of amides is 1. The smallest absolute Gasteiger partial charge is 0.415 e. The Morgan fingerprint density at radius 3 is 2.39 bits per heavy atom. The molecule has 5 heteroatoms. The average Bonchev–Trinajstić information content (AvgIpc) is 2.28. The minimum absolute atomic E-state index is 0.174. The molecule has 0 aromatic heterocycles. The highest BCUT2D eigenvalue weighted by Crippen LogP contribution is 2.11. The second-order valence-corrected chi connectivity index (χ2v) is 4.35. The van der Waals surface area contributed by atoms with Crippen LogP contribution in [0.5, 0.6) is 5.75 Å². The van der Waals surface area contributed by atoms with Crippen LogP contribution in [0.25, 0.3) is 0 Å². The Labute approximate surface area is 106 Å². The average molecular weight is 251 g/mol. The number of carbonyl (C=O) groups is 2. The summed E-state index contributed by atoms with van der Waals surface area (Å²) in [7, 11) is 0. The van der Waals surface area contributed by atoms with Gasteiger partial charge in [0.2, 0.25) is 0 Å². The second kappa shape index (κ2) is 6.64. The first-order chi connectivity index (χ1) is 8.49. The van der Waals surface area contributed by atoms with Gasteiger partial charge in [-0.05, 0) is 18.1 Å². The van der Waals surface area contributed by atoms with Crippen LogP contribution in [0.1, 0.15) is 13.8 Å². The standard InChI is InChI=1S/C13H17NO4/c1-10(2)8-14(9-12(15)16)13(17)18-11-6-4-3-5-7-11/h3-7,10H,8-9H2,1-2H3,(H,15,16). The minimum Gasteiger partial charge on any atom is -0.480 e. The van der Waals surface area contributed by atoms with E-state index in [0.717, 1.165) is 0 Å². The van der Waals surface area contributed by atoms with E-state index < -0.39 is 12.1 Å². The molecule has 0 aliphatic carbocycles. The van der Waals surface area contributed by atoms with Gasteiger partial charge in [0.1, 0.15) is 12.3 Å². The lowest BCUT2D eigenvalue weighted by molar-refractivity contribution is -0.137. The molecule has 0 saturated carbocycles. The maximum absolute atomic E-state index is 11.8. The summed E-state index contributed by atoms with van der Waals surface area (Å²) in [6.45, 7) is 3.80. The van der Waals surface area contributed by atoms with Gasteiger partial charge in [0.25, 0.3) is 0 Å². The molecule has 1 N–H and O–H groups in total. The van der Waals surface area contributed by atoms with Crippen LogP contribution in [0.15, 0.2) is 30.3 Å². The molecule has 18 heavy (non-hydrogen) atoms. The van der Waals surface area contributed by atoms with Crippen molar-refractivity contribution in [1.82, 2.24) is 4.90 Å². The second-order valence-electron chi connectivity index (χ2n) is 4.35. The number of nitrogens with zero attached hydrogens (tertiary/aromatic N) is 1. The van der Waals surface area contributed by atoms with E-state index in [-0.39, 0.29) is 12.5 Å². The van der Waals surface area contributed by atoms with E-state index in [0.29, 0.717) is 12.3 Å². The van der Waals surface area contributed by atoms with Gasteiger partial charge < -0.3 is 9.84 Å². The number of carbonyl (C=O) groups excluding carboxylic acids is 1. The molecular formula is C13H17NO4. The quantitative estimate of drug-likeness (QED) is 0.871. The number of benzene rings is 1. The first-order valence-electron chi connectivity index (χ1n) is 5.72. The van der Waals surface area contributed by atoms with Gasteiger partial charge in [0.05, 0.1) is 0 Å². The fourth-order valence-corrected chi connectivity index (χ4v) is 1.46. The summed E-state index contributed by atoms with van der Waals surface area (Å²) in [4.78, 5) is 23.7. The lowest BCUT2D eigenvalue weighted by Gasteiger charge is -2.21. The van der Waals surface area contributed by atoms with Crippen LogP contribution in [-0.4, -0.2) is 35.2 Å². The zero-order chi connectivity index (χ0) is 13.5. The molecule has 1 rings (SSSR count). The highest BCUT2D eigenvalue weighted by atomic mass is 16.6. The monoisotopic (exact) mass is 251 g/mol. The van der Waals surface area contributed by atoms with Gasteiger partial charge in [-0.2, -0.15) is 0 Å². The Balaban J connectivity index is 2.67. The predicted octanol–water partition coefficient (Wildman–Crippen LogP) is 2.23. The molecule has 0 fully saturated rings. The van der Waals surface area contributed by atoms with Gasteiger partial charge in [0, 0.05) is 6.54 Å². The maximum atomic E-state index is 11.8. The number of hydrogen-bond acceptors (Lipinski definition) is 3. The molecule has 0 bridgehead atoms. The fourth-order valence-electron chi connectivity index (χ4n) is 1.46. The van der Waals surface area contributed by atoms with Crippen molar-refractivity contribution < 1.29 is 19.4 Å². The largest absolute Gasteiger partial charge is 0.480 e. The van der Waals surface area contributed by atoms with Crippen LogP contribution in [0.4, 0.5) is 4.79 Å². The molecule has 1 amide bonds. The maximum Gasteiger partial charge on any atom is 0.415 e. The van der Waals surface area contributed by atoms with Crippen molar-refractivity contribution in [2.75, 3.05) is 13.1 Å². The van der Waals surface area contributed by atoms with E-state index in [2.05, 4.69) is 0 Å². The number of carboxylic acids is 1. The molecule has 0 heterocycles. The minimum atomic E-state index is -1.05. The number of aliphatic carboxylic acids is 1. The SMILES string of the molecule is CC(C)CN(CC(=O)O)C(=O)Oc1ccccc1. The molecule has 0 spiro atoms. The number of para-hydroxylation sites is 1. The molecule has 0 atom stereocenters. The molecule has 1 aromatic rings. The normalized spacial score (nSPS) is 10.2. The molecule has 0 radical (unpaired) electrons. The molecule has 1 aromatic carbocycles. The molecule has 0 saturated heterocycles. The number of carboxylic acid groups (broad SMARTS) is 1. The van der Waals surface area contributed by atoms with Crippen molar-refractivity contribution in [1.29, 1.82) is 0 Å².